The van der Waals surface area contributed by atoms with E-state index in [2.05, 4.69) is 15.5 Å². The molecule has 0 radical (unpaired) electrons. The maximum Gasteiger partial charge on any atom is 0.435 e. The number of carbonyl (C=O) groups is 1. The number of carbonyl (C=O) groups excluding carboxylic acids is 1. The summed E-state index contributed by atoms with van der Waals surface area (Å²) in [5.41, 5.74) is -0.469. The normalized spacial score (nSPS) is 25.7. The lowest BCUT2D eigenvalue weighted by Crippen LogP contribution is -2.46. The molecule has 0 saturated carbocycles. The molecule has 24 heavy (non-hydrogen) atoms. The molecule has 1 amide bonds. The van der Waals surface area contributed by atoms with Crippen molar-refractivity contribution in [3.8, 4) is 0 Å². The molecule has 0 spiro atoms. The van der Waals surface area contributed by atoms with Gasteiger partial charge < -0.3 is 15.0 Å². The minimum Gasteiger partial charge on any atom is -0.378 e. The highest BCUT2D eigenvalue weighted by molar-refractivity contribution is 5.77. The van der Waals surface area contributed by atoms with Crippen molar-refractivity contribution in [2.45, 2.75) is 37.4 Å². The number of alkyl halides is 3. The number of nitrogens with zero attached hydrogens (tertiary/aromatic N) is 2. The highest BCUT2D eigenvalue weighted by atomic mass is 19.4. The minimum absolute atomic E-state index is 0.00983. The number of aromatic amines is 1. The highest BCUT2D eigenvalue weighted by Gasteiger charge is 2.35. The zero-order valence-electron chi connectivity index (χ0n) is 13.2. The van der Waals surface area contributed by atoms with Crippen molar-refractivity contribution in [2.75, 3.05) is 32.8 Å². The van der Waals surface area contributed by atoms with E-state index in [0.717, 1.165) is 25.5 Å². The summed E-state index contributed by atoms with van der Waals surface area (Å²) < 4.78 is 43.3. The zero-order valence-corrected chi connectivity index (χ0v) is 13.2. The second-order valence-corrected chi connectivity index (χ2v) is 6.32. The number of nitrogens with one attached hydrogen (secondary N) is 2. The Morgan fingerprint density at radius 2 is 2.29 bits per heavy atom. The zero-order chi connectivity index (χ0) is 17.2. The second-order valence-electron chi connectivity index (χ2n) is 6.32. The van der Waals surface area contributed by atoms with Crippen LogP contribution in [0.3, 0.4) is 0 Å². The molecule has 2 aliphatic rings. The van der Waals surface area contributed by atoms with Gasteiger partial charge in [-0.15, -0.1) is 0 Å². The first-order valence-electron chi connectivity index (χ1n) is 8.15. The molecule has 134 valence electrons. The van der Waals surface area contributed by atoms with Crippen LogP contribution in [0, 0.1) is 0 Å². The standard InChI is InChI=1S/C15H21F3N4O2/c16-15(17,18)13-7-12(20-21-13)10-2-1-4-22(8-10)14(23)6-11-9-24-5-3-19-11/h7,10-11,19H,1-6,8-9H2,(H,20,21). The summed E-state index contributed by atoms with van der Waals surface area (Å²) in [6, 6.07) is 1.06. The molecule has 1 aromatic rings. The van der Waals surface area contributed by atoms with E-state index >= 15 is 0 Å². The van der Waals surface area contributed by atoms with Crippen molar-refractivity contribution in [2.24, 2.45) is 0 Å². The first-order chi connectivity index (χ1) is 11.4. The third-order valence-corrected chi connectivity index (χ3v) is 4.52. The molecule has 6 nitrogen and oxygen atoms in total. The Balaban J connectivity index is 1.59. The first kappa shape index (κ1) is 17.2. The van der Waals surface area contributed by atoms with Gasteiger partial charge in [-0.05, 0) is 18.9 Å². The number of hydrogen-bond donors (Lipinski definition) is 2. The minimum atomic E-state index is -4.45. The van der Waals surface area contributed by atoms with Crippen LogP contribution in [0.5, 0.6) is 0 Å². The number of aromatic nitrogens is 2. The van der Waals surface area contributed by atoms with Crippen LogP contribution in [0.4, 0.5) is 13.2 Å². The number of ether oxygens (including phenoxy) is 1. The predicted molar refractivity (Wildman–Crippen MR) is 79.4 cm³/mol. The van der Waals surface area contributed by atoms with Crippen LogP contribution in [-0.2, 0) is 15.7 Å². The summed E-state index contributed by atoms with van der Waals surface area (Å²) in [4.78, 5) is 14.2. The lowest BCUT2D eigenvalue weighted by atomic mass is 9.94. The van der Waals surface area contributed by atoms with Crippen molar-refractivity contribution in [3.05, 3.63) is 17.5 Å². The van der Waals surface area contributed by atoms with Gasteiger partial charge in [-0.2, -0.15) is 18.3 Å². The van der Waals surface area contributed by atoms with Gasteiger partial charge in [0, 0.05) is 43.7 Å². The number of amides is 1. The molecule has 2 unspecified atom stereocenters. The molecule has 2 fully saturated rings. The van der Waals surface area contributed by atoms with Gasteiger partial charge in [-0.1, -0.05) is 0 Å². The van der Waals surface area contributed by atoms with Gasteiger partial charge in [-0.3, -0.25) is 9.89 Å². The summed E-state index contributed by atoms with van der Waals surface area (Å²) in [6.07, 6.45) is -2.59. The van der Waals surface area contributed by atoms with Crippen molar-refractivity contribution in [1.82, 2.24) is 20.4 Å². The highest BCUT2D eigenvalue weighted by Crippen LogP contribution is 2.32. The number of rotatable bonds is 3. The van der Waals surface area contributed by atoms with E-state index in [1.54, 1.807) is 4.90 Å². The molecule has 0 bridgehead atoms. The van der Waals surface area contributed by atoms with Crippen LogP contribution in [0.2, 0.25) is 0 Å². The fraction of sp³-hybridized carbons (Fsp3) is 0.733. The molecule has 3 rings (SSSR count). The number of halogens is 3. The smallest absolute Gasteiger partial charge is 0.378 e. The van der Waals surface area contributed by atoms with E-state index in [0.29, 0.717) is 38.4 Å². The van der Waals surface area contributed by atoms with E-state index in [1.807, 2.05) is 0 Å². The van der Waals surface area contributed by atoms with E-state index < -0.39 is 11.9 Å². The summed E-state index contributed by atoms with van der Waals surface area (Å²) in [6.45, 7) is 2.96. The monoisotopic (exact) mass is 346 g/mol. The number of H-pyrrole nitrogens is 1. The van der Waals surface area contributed by atoms with Crippen molar-refractivity contribution in [3.63, 3.8) is 0 Å². The van der Waals surface area contributed by atoms with Gasteiger partial charge in [0.05, 0.1) is 13.2 Å². The van der Waals surface area contributed by atoms with Crippen molar-refractivity contribution < 1.29 is 22.7 Å². The Morgan fingerprint density at radius 3 is 2.96 bits per heavy atom. The third kappa shape index (κ3) is 4.07. The largest absolute Gasteiger partial charge is 0.435 e. The SMILES string of the molecule is O=C(CC1COCCN1)N1CCCC(c2cc(C(F)(F)F)n[nH]2)C1. The molecule has 2 N–H and O–H groups in total. The topological polar surface area (TPSA) is 70.2 Å². The van der Waals surface area contributed by atoms with Crippen molar-refractivity contribution >= 4 is 5.91 Å². The van der Waals surface area contributed by atoms with Gasteiger partial charge in [0.25, 0.3) is 0 Å². The molecule has 0 aromatic carbocycles. The van der Waals surface area contributed by atoms with E-state index in [-0.39, 0.29) is 17.9 Å². The quantitative estimate of drug-likeness (QED) is 0.871. The number of morpholine rings is 1. The summed E-state index contributed by atoms with van der Waals surface area (Å²) in [5, 5.41) is 9.07. The molecule has 3 heterocycles. The van der Waals surface area contributed by atoms with Gasteiger partial charge in [0.15, 0.2) is 5.69 Å². The Bertz CT molecular complexity index is 569. The van der Waals surface area contributed by atoms with E-state index in [9.17, 15) is 18.0 Å². The number of hydrogen-bond acceptors (Lipinski definition) is 4. The van der Waals surface area contributed by atoms with Crippen LogP contribution >= 0.6 is 0 Å². The molecule has 9 heteroatoms. The van der Waals surface area contributed by atoms with Crippen molar-refractivity contribution in [1.29, 1.82) is 0 Å². The van der Waals surface area contributed by atoms with Gasteiger partial charge in [0.1, 0.15) is 0 Å². The average molecular weight is 346 g/mol. The maximum atomic E-state index is 12.7. The predicted octanol–water partition coefficient (Wildman–Crippen LogP) is 1.51. The Morgan fingerprint density at radius 1 is 1.46 bits per heavy atom. The fourth-order valence-electron chi connectivity index (χ4n) is 3.24. The van der Waals surface area contributed by atoms with E-state index in [1.165, 1.54) is 0 Å². The fourth-order valence-corrected chi connectivity index (χ4v) is 3.24. The average Bonchev–Trinajstić information content (AvgIpc) is 3.06. The van der Waals surface area contributed by atoms with Gasteiger partial charge >= 0.3 is 6.18 Å². The maximum absolute atomic E-state index is 12.7. The van der Waals surface area contributed by atoms with Crippen LogP contribution < -0.4 is 5.32 Å². The molecule has 2 saturated heterocycles. The lowest BCUT2D eigenvalue weighted by Gasteiger charge is -2.34. The summed E-state index contributed by atoms with van der Waals surface area (Å²) in [5.74, 6) is -0.125. The van der Waals surface area contributed by atoms with Gasteiger partial charge in [0.2, 0.25) is 5.91 Å². The molecule has 2 atom stereocenters. The second kappa shape index (κ2) is 7.10. The van der Waals surface area contributed by atoms with Crippen LogP contribution in [-0.4, -0.2) is 59.9 Å². The Kier molecular flexibility index (Phi) is 5.09. The summed E-state index contributed by atoms with van der Waals surface area (Å²) >= 11 is 0. The number of likely N-dealkylation sites (tertiary alicyclic amines) is 1. The Labute approximate surface area is 137 Å². The molecule has 2 aliphatic heterocycles. The molecule has 1 aromatic heterocycles. The number of piperidine rings is 1. The third-order valence-electron chi connectivity index (χ3n) is 4.52. The van der Waals surface area contributed by atoms with Crippen LogP contribution in [0.25, 0.3) is 0 Å². The van der Waals surface area contributed by atoms with Crippen LogP contribution in [0.15, 0.2) is 6.07 Å². The molecular formula is C15H21F3N4O2. The molecular weight excluding hydrogens is 325 g/mol. The van der Waals surface area contributed by atoms with Gasteiger partial charge in [-0.25, -0.2) is 0 Å². The lowest BCUT2D eigenvalue weighted by molar-refractivity contribution is -0.141. The van der Waals surface area contributed by atoms with Crippen LogP contribution in [0.1, 0.15) is 36.6 Å². The van der Waals surface area contributed by atoms with E-state index in [4.69, 9.17) is 4.74 Å². The Hall–Kier alpha value is -1.61. The first-order valence-corrected chi connectivity index (χ1v) is 8.15. The summed E-state index contributed by atoms with van der Waals surface area (Å²) in [7, 11) is 0. The molecule has 0 aliphatic carbocycles.